The van der Waals surface area contributed by atoms with E-state index < -0.39 is 0 Å². The summed E-state index contributed by atoms with van der Waals surface area (Å²) in [5.41, 5.74) is 5.06. The van der Waals surface area contributed by atoms with Gasteiger partial charge < -0.3 is 11.1 Å². The van der Waals surface area contributed by atoms with Gasteiger partial charge in [-0.15, -0.1) is 0 Å². The van der Waals surface area contributed by atoms with Crippen LogP contribution in [0.3, 0.4) is 0 Å². The Bertz CT molecular complexity index is 25.6. The molecular weight excluding hydrogens is 166 g/mol. The first-order valence-electron chi connectivity index (χ1n) is 3.97. The number of hydrogen-bond donors (Lipinski definition) is 3. The van der Waals surface area contributed by atoms with Gasteiger partial charge in [0.1, 0.15) is 0 Å². The first kappa shape index (κ1) is 22.7. The molecule has 0 heterocycles. The van der Waals surface area contributed by atoms with Crippen molar-refractivity contribution in [1.82, 2.24) is 10.6 Å². The van der Waals surface area contributed by atoms with E-state index in [-0.39, 0.29) is 37.7 Å². The molecule has 0 spiro atoms. The quantitative estimate of drug-likeness (QED) is 0.453. The second-order valence-corrected chi connectivity index (χ2v) is 0.984. The summed E-state index contributed by atoms with van der Waals surface area (Å²) >= 11 is 0. The number of rotatable bonds is 3. The molecule has 0 aromatic carbocycles. The van der Waals surface area contributed by atoms with Crippen LogP contribution >= 0.6 is 0 Å². The van der Waals surface area contributed by atoms with E-state index in [2.05, 4.69) is 10.6 Å². The third-order valence-electron chi connectivity index (χ3n) is 0.446. The van der Waals surface area contributed by atoms with E-state index >= 15 is 0 Å². The van der Waals surface area contributed by atoms with E-state index in [0.717, 1.165) is 6.67 Å². The van der Waals surface area contributed by atoms with Crippen molar-refractivity contribution in [3.05, 3.63) is 0 Å². The second kappa shape index (κ2) is 43.4. The molecular formula is C7H23ArN3. The SMILES string of the molecule is CC.CC.CNCNCN.[Ar]. The van der Waals surface area contributed by atoms with Crippen LogP contribution < -0.4 is 16.4 Å². The van der Waals surface area contributed by atoms with Gasteiger partial charge in [0, 0.05) is 51.1 Å². The van der Waals surface area contributed by atoms with Crippen LogP contribution in [0.4, 0.5) is 0 Å². The largest absolute Gasteiger partial charge is 0.318 e. The van der Waals surface area contributed by atoms with Gasteiger partial charge in [-0.3, -0.25) is 5.32 Å². The number of nitrogens with two attached hydrogens (primary N) is 1. The molecule has 0 amide bonds. The van der Waals surface area contributed by atoms with Gasteiger partial charge in [0.05, 0.1) is 0 Å². The van der Waals surface area contributed by atoms with Gasteiger partial charge in [0.25, 0.3) is 0 Å². The van der Waals surface area contributed by atoms with Crippen molar-refractivity contribution in [1.29, 1.82) is 0 Å². The van der Waals surface area contributed by atoms with Crippen LogP contribution in [-0.4, -0.2) is 20.4 Å². The predicted molar refractivity (Wildman–Crippen MR) is 48.8 cm³/mol. The maximum atomic E-state index is 5.06. The van der Waals surface area contributed by atoms with Gasteiger partial charge in [-0.05, 0) is 7.05 Å². The van der Waals surface area contributed by atoms with Crippen molar-refractivity contribution in [3.63, 3.8) is 0 Å². The third-order valence-corrected chi connectivity index (χ3v) is 0.446. The molecule has 0 unspecified atom stereocenters. The standard InChI is InChI=1S/C3H11N3.2C2H6.Ar/c1-5-3-6-2-4;2*1-2;/h5-6H,2-4H2,1H3;2*1-2H3;. The molecule has 0 rings (SSSR count). The summed E-state index contributed by atoms with van der Waals surface area (Å²) in [7, 11) is 1.86. The van der Waals surface area contributed by atoms with Gasteiger partial charge in [-0.2, -0.15) is 0 Å². The molecule has 74 valence electrons. The molecule has 11 heavy (non-hydrogen) atoms. The molecule has 0 aliphatic heterocycles. The Kier molecular flexibility index (Phi) is 89.6. The fourth-order valence-corrected chi connectivity index (χ4v) is 0.197. The smallest absolute Gasteiger partial charge is 0.0462 e. The Morgan fingerprint density at radius 1 is 1.09 bits per heavy atom. The van der Waals surface area contributed by atoms with Crippen molar-refractivity contribution in [2.45, 2.75) is 27.7 Å². The minimum atomic E-state index is 0. The molecule has 0 aromatic heterocycles. The van der Waals surface area contributed by atoms with Crippen molar-refractivity contribution in [2.24, 2.45) is 5.73 Å². The summed E-state index contributed by atoms with van der Waals surface area (Å²) in [4.78, 5) is 0. The average molecular weight is 189 g/mol. The predicted octanol–water partition coefficient (Wildman–Crippen LogP) is 0.722. The topological polar surface area (TPSA) is 50.1 Å². The zero-order valence-corrected chi connectivity index (χ0v) is 9.05. The Balaban J connectivity index is -0.0000000428. The van der Waals surface area contributed by atoms with Crippen LogP contribution in [0.15, 0.2) is 0 Å². The fraction of sp³-hybridized carbons (Fsp3) is 1.00. The molecule has 0 atom stereocenters. The second-order valence-electron chi connectivity index (χ2n) is 0.984. The summed E-state index contributed by atoms with van der Waals surface area (Å²) in [6.45, 7) is 9.33. The molecule has 3 nitrogen and oxygen atoms in total. The molecule has 4 heteroatoms. The first-order valence-corrected chi connectivity index (χ1v) is 3.97. The van der Waals surface area contributed by atoms with E-state index in [4.69, 9.17) is 5.73 Å². The van der Waals surface area contributed by atoms with Crippen LogP contribution in [0.25, 0.3) is 0 Å². The normalized spacial score (nSPS) is 6.00. The summed E-state index contributed by atoms with van der Waals surface area (Å²) in [6, 6.07) is 0. The Morgan fingerprint density at radius 2 is 1.45 bits per heavy atom. The van der Waals surface area contributed by atoms with Crippen molar-refractivity contribution in [3.8, 4) is 0 Å². The minimum Gasteiger partial charge on any atom is -0.318 e. The fourth-order valence-electron chi connectivity index (χ4n) is 0.197. The molecule has 0 radical (unpaired) electrons. The maximum absolute atomic E-state index is 5.06. The summed E-state index contributed by atoms with van der Waals surface area (Å²) < 4.78 is 0. The maximum Gasteiger partial charge on any atom is 0.0462 e. The average Bonchev–Trinajstić information content (AvgIpc) is 2.08. The minimum absolute atomic E-state index is 0. The van der Waals surface area contributed by atoms with E-state index in [1.807, 2.05) is 34.7 Å². The monoisotopic (exact) mass is 189 g/mol. The van der Waals surface area contributed by atoms with Crippen LogP contribution in [0.1, 0.15) is 27.7 Å². The van der Waals surface area contributed by atoms with E-state index in [1.165, 1.54) is 0 Å². The van der Waals surface area contributed by atoms with Crippen molar-refractivity contribution in [2.75, 3.05) is 20.4 Å². The summed E-state index contributed by atoms with van der Waals surface area (Å²) in [5, 5.41) is 5.74. The Labute approximate surface area is 101 Å². The zero-order valence-electron chi connectivity index (χ0n) is 8.35. The number of hydrogen-bond acceptors (Lipinski definition) is 3. The van der Waals surface area contributed by atoms with Crippen molar-refractivity contribution < 1.29 is 37.7 Å². The van der Waals surface area contributed by atoms with Gasteiger partial charge in [-0.1, -0.05) is 27.7 Å². The molecule has 4 N–H and O–H groups in total. The van der Waals surface area contributed by atoms with E-state index in [9.17, 15) is 0 Å². The van der Waals surface area contributed by atoms with Gasteiger partial charge in [0.15, 0.2) is 0 Å². The molecule has 0 aliphatic carbocycles. The van der Waals surface area contributed by atoms with Gasteiger partial charge in [-0.25, -0.2) is 0 Å². The van der Waals surface area contributed by atoms with Crippen LogP contribution in [0.2, 0.25) is 0 Å². The van der Waals surface area contributed by atoms with Gasteiger partial charge in [0.2, 0.25) is 0 Å². The summed E-state index contributed by atoms with van der Waals surface area (Å²) in [6.07, 6.45) is 0. The molecule has 0 aliphatic rings. The van der Waals surface area contributed by atoms with E-state index in [1.54, 1.807) is 0 Å². The molecule has 0 bridgehead atoms. The van der Waals surface area contributed by atoms with Crippen LogP contribution in [0, 0.1) is 37.7 Å². The van der Waals surface area contributed by atoms with E-state index in [0.29, 0.717) is 6.67 Å². The third kappa shape index (κ3) is 54.3. The Morgan fingerprint density at radius 3 is 1.55 bits per heavy atom. The first-order chi connectivity index (χ1) is 4.91. The molecule has 0 fully saturated rings. The molecule has 0 aromatic rings. The molecule has 0 saturated carbocycles. The summed E-state index contributed by atoms with van der Waals surface area (Å²) in [5.74, 6) is 0. The zero-order chi connectivity index (χ0) is 8.83. The van der Waals surface area contributed by atoms with Gasteiger partial charge >= 0.3 is 0 Å². The van der Waals surface area contributed by atoms with Crippen LogP contribution in [0.5, 0.6) is 0 Å². The van der Waals surface area contributed by atoms with Crippen molar-refractivity contribution >= 4 is 0 Å². The van der Waals surface area contributed by atoms with Crippen LogP contribution in [-0.2, 0) is 0 Å². The number of nitrogens with one attached hydrogen (secondary N) is 2. The molecule has 0 saturated heterocycles. The Hall–Kier alpha value is 1.14.